The molecule has 9 nitrogen and oxygen atoms in total. The summed E-state index contributed by atoms with van der Waals surface area (Å²) in [5.41, 5.74) is 2.57. The van der Waals surface area contributed by atoms with E-state index in [4.69, 9.17) is 4.74 Å². The molecule has 26 heavy (non-hydrogen) atoms. The standard InChI is InChI=1S/C17H22N8O/c1-11-9-18-12(2)16-19-14(21-25(11)16)5-6-15-20-17(22-23(15)3)24-8-7-13(10-24)26-4/h5-6,9,13H,7-8,10H2,1-4H3/b6-5+. The zero-order valence-electron chi connectivity index (χ0n) is 15.4. The molecule has 4 heterocycles. The molecule has 3 aromatic heterocycles. The minimum atomic E-state index is 0.250. The summed E-state index contributed by atoms with van der Waals surface area (Å²) >= 11 is 0. The minimum Gasteiger partial charge on any atom is -0.380 e. The Morgan fingerprint density at radius 1 is 1.19 bits per heavy atom. The van der Waals surface area contributed by atoms with Crippen molar-refractivity contribution in [1.29, 1.82) is 0 Å². The van der Waals surface area contributed by atoms with Gasteiger partial charge in [0.05, 0.1) is 17.5 Å². The fraction of sp³-hybridized carbons (Fsp3) is 0.471. The molecule has 0 aliphatic carbocycles. The van der Waals surface area contributed by atoms with E-state index in [1.165, 1.54) is 0 Å². The average molecular weight is 354 g/mol. The number of methoxy groups -OCH3 is 1. The van der Waals surface area contributed by atoms with Crippen LogP contribution in [0.15, 0.2) is 6.20 Å². The van der Waals surface area contributed by atoms with E-state index in [9.17, 15) is 0 Å². The highest BCUT2D eigenvalue weighted by atomic mass is 16.5. The quantitative estimate of drug-likeness (QED) is 0.697. The number of aryl methyl sites for hydroxylation is 3. The molecule has 1 atom stereocenters. The lowest BCUT2D eigenvalue weighted by atomic mass is 10.3. The van der Waals surface area contributed by atoms with E-state index in [1.807, 2.05) is 33.0 Å². The zero-order chi connectivity index (χ0) is 18.3. The van der Waals surface area contributed by atoms with Gasteiger partial charge in [0.15, 0.2) is 17.3 Å². The Morgan fingerprint density at radius 2 is 2.04 bits per heavy atom. The highest BCUT2D eigenvalue weighted by Gasteiger charge is 2.25. The van der Waals surface area contributed by atoms with Gasteiger partial charge in [-0.1, -0.05) is 0 Å². The van der Waals surface area contributed by atoms with Gasteiger partial charge in [0.1, 0.15) is 0 Å². The van der Waals surface area contributed by atoms with Crippen LogP contribution in [-0.4, -0.2) is 60.6 Å². The fourth-order valence-electron chi connectivity index (χ4n) is 3.09. The Hall–Kier alpha value is -2.81. The molecule has 1 unspecified atom stereocenters. The summed E-state index contributed by atoms with van der Waals surface area (Å²) in [7, 11) is 3.63. The lowest BCUT2D eigenvalue weighted by molar-refractivity contribution is 0.121. The number of nitrogens with zero attached hydrogens (tertiary/aromatic N) is 8. The van der Waals surface area contributed by atoms with Crippen LogP contribution in [0.1, 0.15) is 29.5 Å². The van der Waals surface area contributed by atoms with Gasteiger partial charge in [-0.2, -0.15) is 4.98 Å². The molecule has 0 spiro atoms. The predicted octanol–water partition coefficient (Wildman–Crippen LogP) is 1.27. The van der Waals surface area contributed by atoms with Crippen molar-refractivity contribution in [3.05, 3.63) is 29.2 Å². The van der Waals surface area contributed by atoms with Gasteiger partial charge in [-0.3, -0.25) is 4.98 Å². The monoisotopic (exact) mass is 354 g/mol. The smallest absolute Gasteiger partial charge is 0.245 e. The van der Waals surface area contributed by atoms with Gasteiger partial charge >= 0.3 is 0 Å². The number of rotatable bonds is 4. The molecule has 0 aromatic carbocycles. The first-order chi connectivity index (χ1) is 12.5. The maximum Gasteiger partial charge on any atom is 0.245 e. The van der Waals surface area contributed by atoms with Crippen molar-refractivity contribution in [1.82, 2.24) is 34.3 Å². The number of ether oxygens (including phenoxy) is 1. The van der Waals surface area contributed by atoms with Crippen molar-refractivity contribution in [2.75, 3.05) is 25.1 Å². The van der Waals surface area contributed by atoms with Crippen LogP contribution in [0.4, 0.5) is 5.95 Å². The van der Waals surface area contributed by atoms with E-state index < -0.39 is 0 Å². The number of hydrogen-bond acceptors (Lipinski definition) is 7. The van der Waals surface area contributed by atoms with Gasteiger partial charge in [0.25, 0.3) is 0 Å². The van der Waals surface area contributed by atoms with Crippen LogP contribution in [0, 0.1) is 13.8 Å². The van der Waals surface area contributed by atoms with E-state index >= 15 is 0 Å². The van der Waals surface area contributed by atoms with Crippen molar-refractivity contribution < 1.29 is 4.74 Å². The molecule has 9 heteroatoms. The number of fused-ring (bicyclic) bond motifs is 1. The Balaban J connectivity index is 1.58. The predicted molar refractivity (Wildman–Crippen MR) is 97.8 cm³/mol. The molecule has 3 aromatic rings. The summed E-state index contributed by atoms with van der Waals surface area (Å²) in [5.74, 6) is 2.10. The second-order valence-electron chi connectivity index (χ2n) is 6.51. The summed E-state index contributed by atoms with van der Waals surface area (Å²) < 4.78 is 8.98. The summed E-state index contributed by atoms with van der Waals surface area (Å²) in [4.78, 5) is 15.6. The Kier molecular flexibility index (Phi) is 4.15. The molecule has 0 amide bonds. The molecule has 0 N–H and O–H groups in total. The molecule has 1 aliphatic heterocycles. The maximum absolute atomic E-state index is 5.41. The lowest BCUT2D eigenvalue weighted by Crippen LogP contribution is -2.23. The Labute approximate surface area is 151 Å². The maximum atomic E-state index is 5.41. The third-order valence-corrected chi connectivity index (χ3v) is 4.65. The highest BCUT2D eigenvalue weighted by molar-refractivity contribution is 5.65. The number of anilines is 1. The van der Waals surface area contributed by atoms with E-state index in [1.54, 1.807) is 22.5 Å². The van der Waals surface area contributed by atoms with Crippen LogP contribution < -0.4 is 4.90 Å². The van der Waals surface area contributed by atoms with Crippen LogP contribution in [-0.2, 0) is 11.8 Å². The second-order valence-corrected chi connectivity index (χ2v) is 6.51. The summed E-state index contributed by atoms with van der Waals surface area (Å²) in [6, 6.07) is 0. The molecular formula is C17H22N8O. The Morgan fingerprint density at radius 3 is 2.77 bits per heavy atom. The first kappa shape index (κ1) is 16.6. The van der Waals surface area contributed by atoms with E-state index in [0.29, 0.717) is 5.82 Å². The third kappa shape index (κ3) is 2.94. The second kappa shape index (κ2) is 6.49. The van der Waals surface area contributed by atoms with Crippen molar-refractivity contribution in [2.24, 2.45) is 7.05 Å². The Bertz CT molecular complexity index is 934. The van der Waals surface area contributed by atoms with Crippen molar-refractivity contribution >= 4 is 23.7 Å². The van der Waals surface area contributed by atoms with Crippen LogP contribution in [0.2, 0.25) is 0 Å². The number of hydrogen-bond donors (Lipinski definition) is 0. The summed E-state index contributed by atoms with van der Waals surface area (Å²) in [6.45, 7) is 5.61. The van der Waals surface area contributed by atoms with E-state index in [0.717, 1.165) is 48.3 Å². The van der Waals surface area contributed by atoms with Crippen LogP contribution in [0.5, 0.6) is 0 Å². The topological polar surface area (TPSA) is 86.3 Å². The normalized spacial score (nSPS) is 17.8. The van der Waals surface area contributed by atoms with Crippen molar-refractivity contribution in [3.8, 4) is 0 Å². The van der Waals surface area contributed by atoms with Gasteiger partial charge in [-0.05, 0) is 32.4 Å². The van der Waals surface area contributed by atoms with Crippen molar-refractivity contribution in [2.45, 2.75) is 26.4 Å². The molecule has 0 saturated carbocycles. The summed E-state index contributed by atoms with van der Waals surface area (Å²) in [6.07, 6.45) is 6.77. The van der Waals surface area contributed by atoms with Crippen LogP contribution in [0.3, 0.4) is 0 Å². The largest absolute Gasteiger partial charge is 0.380 e. The average Bonchev–Trinajstić information content (AvgIpc) is 3.34. The van der Waals surface area contributed by atoms with Crippen LogP contribution >= 0.6 is 0 Å². The first-order valence-corrected chi connectivity index (χ1v) is 8.61. The molecule has 1 fully saturated rings. The van der Waals surface area contributed by atoms with Gasteiger partial charge in [0, 0.05) is 33.4 Å². The van der Waals surface area contributed by atoms with Crippen LogP contribution in [0.25, 0.3) is 17.8 Å². The minimum absolute atomic E-state index is 0.250. The SMILES string of the molecule is COC1CCN(c2nc(/C=C/c3nc4c(C)ncc(C)n4n3)n(C)n2)C1. The van der Waals surface area contributed by atoms with Gasteiger partial charge in [-0.25, -0.2) is 14.2 Å². The molecule has 0 radical (unpaired) electrons. The molecule has 0 bridgehead atoms. The summed E-state index contributed by atoms with van der Waals surface area (Å²) in [5, 5.41) is 9.03. The van der Waals surface area contributed by atoms with Gasteiger partial charge < -0.3 is 9.64 Å². The van der Waals surface area contributed by atoms with E-state index in [-0.39, 0.29) is 6.10 Å². The fourth-order valence-corrected chi connectivity index (χ4v) is 3.09. The number of aromatic nitrogens is 7. The van der Waals surface area contributed by atoms with Gasteiger partial charge in [0.2, 0.25) is 5.95 Å². The third-order valence-electron chi connectivity index (χ3n) is 4.65. The highest BCUT2D eigenvalue weighted by Crippen LogP contribution is 2.19. The molecular weight excluding hydrogens is 332 g/mol. The first-order valence-electron chi connectivity index (χ1n) is 8.61. The lowest BCUT2D eigenvalue weighted by Gasteiger charge is -2.12. The molecule has 1 saturated heterocycles. The van der Waals surface area contributed by atoms with Gasteiger partial charge in [-0.15, -0.1) is 10.2 Å². The zero-order valence-corrected chi connectivity index (χ0v) is 15.4. The molecule has 136 valence electrons. The molecule has 1 aliphatic rings. The van der Waals surface area contributed by atoms with E-state index in [2.05, 4.69) is 30.0 Å². The molecule has 4 rings (SSSR count). The van der Waals surface area contributed by atoms with Crippen molar-refractivity contribution in [3.63, 3.8) is 0 Å².